The van der Waals surface area contributed by atoms with Crippen molar-refractivity contribution in [3.05, 3.63) is 132 Å². The zero-order valence-corrected chi connectivity index (χ0v) is 22.7. The quantitative estimate of drug-likeness (QED) is 0.216. The minimum Gasteiger partial charge on any atom is -0.454 e. The molecule has 0 atom stereocenters. The Morgan fingerprint density at radius 1 is 0.442 bits per heavy atom. The molecule has 3 heterocycles. The molecule has 3 aromatic heterocycles. The molecule has 0 aliphatic rings. The highest BCUT2D eigenvalue weighted by atomic mass is 16.3. The molecule has 0 saturated carbocycles. The van der Waals surface area contributed by atoms with E-state index in [4.69, 9.17) is 4.42 Å². The van der Waals surface area contributed by atoms with Crippen molar-refractivity contribution in [2.75, 3.05) is 0 Å². The van der Waals surface area contributed by atoms with E-state index in [1.165, 1.54) is 0 Å². The zero-order valence-electron chi connectivity index (χ0n) is 22.7. The highest BCUT2D eigenvalue weighted by Crippen LogP contribution is 2.42. The number of hydrogen-bond acceptors (Lipinski definition) is 3. The molecule has 0 spiro atoms. The van der Waals surface area contributed by atoms with Crippen molar-refractivity contribution >= 4 is 65.6 Å². The molecule has 198 valence electrons. The number of furan rings is 1. The van der Waals surface area contributed by atoms with Crippen molar-refractivity contribution in [3.8, 4) is 23.5 Å². The van der Waals surface area contributed by atoms with Gasteiger partial charge in [0.15, 0.2) is 5.58 Å². The standard InChI is InChI=1S/C38H20N4O/c39-21-23-9-5-16-30-35(23)25-11-1-3-14-28(25)41(30)32-18-8-20-34-37(32)27-13-7-19-33(38(27)43-34)42-29-15-4-2-12-26(29)36-24(22-40)10-6-17-31(36)42/h1-20H. The Hall–Kier alpha value is -6.30. The van der Waals surface area contributed by atoms with E-state index in [2.05, 4.69) is 81.9 Å². The number of nitrogens with zero attached hydrogens (tertiary/aromatic N) is 4. The fourth-order valence-corrected chi connectivity index (χ4v) is 6.92. The Balaban J connectivity index is 1.42. The minimum atomic E-state index is 0.648. The van der Waals surface area contributed by atoms with E-state index in [1.807, 2.05) is 60.7 Å². The van der Waals surface area contributed by atoms with Crippen LogP contribution in [0.4, 0.5) is 0 Å². The number of fused-ring (bicyclic) bond motifs is 9. The van der Waals surface area contributed by atoms with Gasteiger partial charge in [0.05, 0.1) is 62.1 Å². The minimum absolute atomic E-state index is 0.648. The normalized spacial score (nSPS) is 11.7. The summed E-state index contributed by atoms with van der Waals surface area (Å²) in [6.45, 7) is 0. The first kappa shape index (κ1) is 23.4. The van der Waals surface area contributed by atoms with Gasteiger partial charge in [0, 0.05) is 26.9 Å². The molecule has 0 saturated heterocycles. The summed E-state index contributed by atoms with van der Waals surface area (Å²) in [6, 6.07) is 45.4. The number of benzene rings is 6. The predicted octanol–water partition coefficient (Wildman–Crippen LogP) is 9.52. The molecule has 5 heteroatoms. The summed E-state index contributed by atoms with van der Waals surface area (Å²) in [7, 11) is 0. The van der Waals surface area contributed by atoms with Gasteiger partial charge < -0.3 is 13.6 Å². The molecule has 0 radical (unpaired) electrons. The Morgan fingerprint density at radius 3 is 1.56 bits per heavy atom. The number of nitriles is 2. The molecular weight excluding hydrogens is 528 g/mol. The molecule has 0 aliphatic carbocycles. The third-order valence-corrected chi connectivity index (χ3v) is 8.60. The lowest BCUT2D eigenvalue weighted by Crippen LogP contribution is -1.95. The van der Waals surface area contributed by atoms with Crippen LogP contribution in [-0.4, -0.2) is 9.13 Å². The highest BCUT2D eigenvalue weighted by Gasteiger charge is 2.22. The summed E-state index contributed by atoms with van der Waals surface area (Å²) in [5, 5.41) is 25.9. The van der Waals surface area contributed by atoms with Crippen LogP contribution in [0.15, 0.2) is 126 Å². The van der Waals surface area contributed by atoms with Crippen LogP contribution in [0, 0.1) is 22.7 Å². The van der Waals surface area contributed by atoms with Crippen LogP contribution in [0.2, 0.25) is 0 Å². The number of rotatable bonds is 2. The number of aromatic nitrogens is 2. The summed E-state index contributed by atoms with van der Waals surface area (Å²) in [5.41, 5.74) is 8.73. The van der Waals surface area contributed by atoms with E-state index in [9.17, 15) is 10.5 Å². The van der Waals surface area contributed by atoms with Crippen LogP contribution in [-0.2, 0) is 0 Å². The Labute approximate surface area is 245 Å². The van der Waals surface area contributed by atoms with Crippen molar-refractivity contribution in [2.24, 2.45) is 0 Å². The lowest BCUT2D eigenvalue weighted by molar-refractivity contribution is 0.666. The summed E-state index contributed by atoms with van der Waals surface area (Å²) in [5.74, 6) is 0. The van der Waals surface area contributed by atoms with Gasteiger partial charge in [-0.05, 0) is 54.6 Å². The molecule has 0 aliphatic heterocycles. The summed E-state index contributed by atoms with van der Waals surface area (Å²) in [4.78, 5) is 0. The van der Waals surface area contributed by atoms with E-state index in [-0.39, 0.29) is 0 Å². The molecule has 0 N–H and O–H groups in total. The van der Waals surface area contributed by atoms with Crippen molar-refractivity contribution in [2.45, 2.75) is 0 Å². The summed E-state index contributed by atoms with van der Waals surface area (Å²) in [6.07, 6.45) is 0. The first-order valence-corrected chi connectivity index (χ1v) is 14.1. The van der Waals surface area contributed by atoms with Crippen molar-refractivity contribution in [1.82, 2.24) is 9.13 Å². The summed E-state index contributed by atoms with van der Waals surface area (Å²) >= 11 is 0. The van der Waals surface area contributed by atoms with E-state index in [1.54, 1.807) is 0 Å². The van der Waals surface area contributed by atoms with E-state index in [0.717, 1.165) is 76.9 Å². The predicted molar refractivity (Wildman–Crippen MR) is 172 cm³/mol. The smallest absolute Gasteiger partial charge is 0.159 e. The number of para-hydroxylation sites is 3. The van der Waals surface area contributed by atoms with Gasteiger partial charge >= 0.3 is 0 Å². The van der Waals surface area contributed by atoms with E-state index >= 15 is 0 Å². The van der Waals surface area contributed by atoms with Gasteiger partial charge in [-0.25, -0.2) is 0 Å². The second-order valence-electron chi connectivity index (χ2n) is 10.7. The molecule has 0 amide bonds. The van der Waals surface area contributed by atoms with Crippen LogP contribution < -0.4 is 0 Å². The molecule has 0 unspecified atom stereocenters. The van der Waals surface area contributed by atoms with Crippen LogP contribution >= 0.6 is 0 Å². The lowest BCUT2D eigenvalue weighted by Gasteiger charge is -2.10. The SMILES string of the molecule is N#Cc1cccc2c1c1ccccc1n2-c1cccc2c1oc1cccc(-n3c4ccccc4c4c(C#N)cccc43)c12. The molecule has 0 fully saturated rings. The van der Waals surface area contributed by atoms with Crippen LogP contribution in [0.25, 0.3) is 76.9 Å². The first-order valence-electron chi connectivity index (χ1n) is 14.1. The van der Waals surface area contributed by atoms with Gasteiger partial charge in [-0.3, -0.25) is 0 Å². The molecule has 0 bridgehead atoms. The maximum Gasteiger partial charge on any atom is 0.159 e. The van der Waals surface area contributed by atoms with E-state index < -0.39 is 0 Å². The van der Waals surface area contributed by atoms with Crippen LogP contribution in [0.1, 0.15) is 11.1 Å². The zero-order chi connectivity index (χ0) is 28.7. The topological polar surface area (TPSA) is 70.6 Å². The van der Waals surface area contributed by atoms with Crippen molar-refractivity contribution in [1.29, 1.82) is 10.5 Å². The maximum absolute atomic E-state index is 9.97. The molecule has 9 aromatic rings. The fourth-order valence-electron chi connectivity index (χ4n) is 6.92. The fraction of sp³-hybridized carbons (Fsp3) is 0. The van der Waals surface area contributed by atoms with Gasteiger partial charge in [-0.1, -0.05) is 66.7 Å². The third kappa shape index (κ3) is 3.03. The average molecular weight is 549 g/mol. The second-order valence-corrected chi connectivity index (χ2v) is 10.7. The van der Waals surface area contributed by atoms with Gasteiger partial charge in [0.1, 0.15) is 5.58 Å². The highest BCUT2D eigenvalue weighted by molar-refractivity contribution is 6.18. The average Bonchev–Trinajstić information content (AvgIpc) is 3.72. The largest absolute Gasteiger partial charge is 0.454 e. The van der Waals surface area contributed by atoms with Gasteiger partial charge in [-0.2, -0.15) is 10.5 Å². The van der Waals surface area contributed by atoms with Gasteiger partial charge in [0.2, 0.25) is 0 Å². The third-order valence-electron chi connectivity index (χ3n) is 8.60. The van der Waals surface area contributed by atoms with Crippen molar-refractivity contribution < 1.29 is 4.42 Å². The monoisotopic (exact) mass is 548 g/mol. The van der Waals surface area contributed by atoms with Crippen LogP contribution in [0.3, 0.4) is 0 Å². The van der Waals surface area contributed by atoms with Gasteiger partial charge in [0.25, 0.3) is 0 Å². The van der Waals surface area contributed by atoms with Crippen molar-refractivity contribution in [3.63, 3.8) is 0 Å². The molecular formula is C38H20N4O. The Bertz CT molecular complexity index is 2710. The molecule has 5 nitrogen and oxygen atoms in total. The summed E-state index contributed by atoms with van der Waals surface area (Å²) < 4.78 is 11.2. The van der Waals surface area contributed by atoms with Crippen LogP contribution in [0.5, 0.6) is 0 Å². The Morgan fingerprint density at radius 2 is 0.930 bits per heavy atom. The molecule has 9 rings (SSSR count). The molecule has 43 heavy (non-hydrogen) atoms. The lowest BCUT2D eigenvalue weighted by atomic mass is 10.1. The first-order chi connectivity index (χ1) is 21.3. The number of hydrogen-bond donors (Lipinski definition) is 0. The Kier molecular flexibility index (Phi) is 4.68. The van der Waals surface area contributed by atoms with E-state index in [0.29, 0.717) is 11.1 Å². The molecule has 6 aromatic carbocycles. The van der Waals surface area contributed by atoms with Gasteiger partial charge in [-0.15, -0.1) is 0 Å². The second kappa shape index (κ2) is 8.60. The maximum atomic E-state index is 9.97.